The molecule has 15 aliphatic carbocycles. The molecule has 0 radical (unpaired) electrons. The van der Waals surface area contributed by atoms with Crippen LogP contribution in [0, 0.1) is 104 Å². The van der Waals surface area contributed by atoms with Crippen LogP contribution in [0.4, 0.5) is 0 Å². The number of hydrogen-bond acceptors (Lipinski definition) is 20. The number of carbonyl (C=O) groups is 8. The maximum atomic E-state index is 13.1. The molecule has 0 aromatic rings. The Balaban J connectivity index is 0.00000145. The van der Waals surface area contributed by atoms with Crippen LogP contribution in [-0.2, 0) is 85.7 Å². The van der Waals surface area contributed by atoms with E-state index in [-0.39, 0.29) is 193 Å². The smallest absolute Gasteiger partial charge is 0.344 e. The Morgan fingerprint density at radius 3 is 1.38 bits per heavy atom. The average molecular weight is 1690 g/mol. The fourth-order valence-electron chi connectivity index (χ4n) is 22.6. The number of aliphatic hydroxyl groups is 2. The van der Waals surface area contributed by atoms with Crippen molar-refractivity contribution in [3.8, 4) is 0 Å². The minimum Gasteiger partial charge on any atom is -0.462 e. The van der Waals surface area contributed by atoms with E-state index < -0.39 is 62.3 Å². The Labute approximate surface area is 727 Å². The summed E-state index contributed by atoms with van der Waals surface area (Å²) in [5.41, 5.74) is -5.30. The molecule has 700 valence electrons. The number of esters is 8. The van der Waals surface area contributed by atoms with Crippen molar-refractivity contribution in [2.24, 2.45) is 104 Å². The molecule has 3 heterocycles. The van der Waals surface area contributed by atoms with E-state index >= 15 is 0 Å². The Morgan fingerprint density at radius 2 is 0.924 bits per heavy atom. The third kappa shape index (κ3) is 25.3. The maximum Gasteiger partial charge on any atom is 0.344 e. The van der Waals surface area contributed by atoms with Crippen molar-refractivity contribution in [1.82, 2.24) is 0 Å². The topological polar surface area (TPSA) is 269 Å². The van der Waals surface area contributed by atoms with E-state index in [0.29, 0.717) is 61.9 Å². The fourth-order valence-corrected chi connectivity index (χ4v) is 22.6. The highest BCUT2D eigenvalue weighted by atomic mass is 16.7. The SMILES string of the molecule is C.C.C.C.C.C.C.C.C.C.CCC(C)(C)C(=O)OC1(C(C)C)C2CC3CC(C2)CC1C3.CCC(C)(C)C(=O)OC12CC3CC(O)(CC(O)(C3)C1)C2.CCC(C)(C)C(=O)OC1C2CC3CC1CC(C(=O)OCC1COC(C)(C)O1)(C3)C2.CCC(C)(C)C(=O)OCC(=O)OC1C2CC3CC(C2)C(=O)OC1C3.CCC1(OC(=O)C(C)(C)CC)CCCC1. The highest BCUT2D eigenvalue weighted by Gasteiger charge is 2.66. The van der Waals surface area contributed by atoms with Crippen molar-refractivity contribution in [3.05, 3.63) is 0 Å². The van der Waals surface area contributed by atoms with Gasteiger partial charge in [-0.05, 0) is 316 Å². The lowest BCUT2D eigenvalue weighted by Crippen LogP contribution is -2.67. The molecule has 15 saturated carbocycles. The first kappa shape index (κ1) is 115. The lowest BCUT2D eigenvalue weighted by Gasteiger charge is -2.62. The number of carbonyl (C=O) groups excluding carboxylic acids is 8. The molecule has 119 heavy (non-hydrogen) atoms. The quantitative estimate of drug-likeness (QED) is 0.0753. The molecule has 18 rings (SSSR count). The molecule has 3 aliphatic heterocycles. The fraction of sp³-hybridized carbons (Fsp3) is 0.919. The van der Waals surface area contributed by atoms with Crippen molar-refractivity contribution in [2.75, 3.05) is 19.8 Å². The molecule has 20 heteroatoms. The van der Waals surface area contributed by atoms with Gasteiger partial charge in [-0.2, -0.15) is 0 Å². The van der Waals surface area contributed by atoms with Gasteiger partial charge in [-0.25, -0.2) is 4.79 Å². The highest BCUT2D eigenvalue weighted by molar-refractivity contribution is 5.81. The Kier molecular flexibility index (Phi) is 41.6. The minimum absolute atomic E-state index is 0. The zero-order valence-corrected chi connectivity index (χ0v) is 70.8. The molecular formula is C99H184O20. The number of hydrogen-bond donors (Lipinski definition) is 2. The van der Waals surface area contributed by atoms with E-state index in [1.165, 1.54) is 44.9 Å². The van der Waals surface area contributed by atoms with E-state index in [2.05, 4.69) is 27.7 Å². The van der Waals surface area contributed by atoms with Crippen LogP contribution in [0.15, 0.2) is 0 Å². The van der Waals surface area contributed by atoms with E-state index in [4.69, 9.17) is 47.4 Å². The van der Waals surface area contributed by atoms with Crippen LogP contribution in [0.1, 0.15) is 405 Å². The molecule has 3 saturated heterocycles. The van der Waals surface area contributed by atoms with Crippen molar-refractivity contribution >= 4 is 47.8 Å². The van der Waals surface area contributed by atoms with Gasteiger partial charge in [0.15, 0.2) is 12.4 Å². The van der Waals surface area contributed by atoms with Gasteiger partial charge in [0.05, 0.1) is 56.2 Å². The van der Waals surface area contributed by atoms with Crippen LogP contribution in [0.5, 0.6) is 0 Å². The second kappa shape index (κ2) is 43.2. The largest absolute Gasteiger partial charge is 0.462 e. The summed E-state index contributed by atoms with van der Waals surface area (Å²) in [7, 11) is 0. The third-order valence-electron chi connectivity index (χ3n) is 30.3. The van der Waals surface area contributed by atoms with Gasteiger partial charge in [0.25, 0.3) is 0 Å². The summed E-state index contributed by atoms with van der Waals surface area (Å²) in [6.07, 6.45) is 26.5. The van der Waals surface area contributed by atoms with Gasteiger partial charge in [-0.15, -0.1) is 0 Å². The van der Waals surface area contributed by atoms with Crippen LogP contribution >= 0.6 is 0 Å². The average Bonchev–Trinajstić information content (AvgIpc) is 1.10. The molecule has 18 fully saturated rings. The number of ether oxygens (including phenoxy) is 10. The van der Waals surface area contributed by atoms with Gasteiger partial charge in [-0.1, -0.05) is 130 Å². The van der Waals surface area contributed by atoms with Gasteiger partial charge in [-0.3, -0.25) is 33.6 Å². The van der Waals surface area contributed by atoms with Crippen LogP contribution < -0.4 is 0 Å². The first-order chi connectivity index (χ1) is 50.7. The first-order valence-corrected chi connectivity index (χ1v) is 43.1. The third-order valence-corrected chi connectivity index (χ3v) is 30.3. The summed E-state index contributed by atoms with van der Waals surface area (Å²) in [5.74, 6) is 3.35. The lowest BCUT2D eigenvalue weighted by molar-refractivity contribution is -0.264. The summed E-state index contributed by atoms with van der Waals surface area (Å²) in [5, 5.41) is 21.3. The van der Waals surface area contributed by atoms with Gasteiger partial charge in [0.2, 0.25) is 0 Å². The molecule has 10 unspecified atom stereocenters. The molecule has 20 nitrogen and oxygen atoms in total. The molecule has 0 aromatic heterocycles. The normalized spacial score (nSPS) is 34.4. The van der Waals surface area contributed by atoms with E-state index in [1.807, 2.05) is 96.9 Å². The lowest BCUT2D eigenvalue weighted by atomic mass is 9.47. The summed E-state index contributed by atoms with van der Waals surface area (Å²) >= 11 is 0. The standard InChI is InChI=1S/C23H36O6.C19H32O2.C18H26O6.C16H26O4.C13H24O2.10CH4/c1-6-21(2,3)19(24)28-18-15-7-14-8-16(18)11-23(9-14,10-15)20(25)26-12-17-13-27-22(4,5)29-17;1-6-18(4,5)17(20)21-19(12(2)3)15-8-13-7-14(10-15)11-16(19)9-13;1-4-18(2,3)17(21)22-9-14(19)24-15-11-5-10-6-12(8-11)16(20)23-13(15)7-10;1-4-13(2,3)12(17)20-16-7-11-5-14(18,9-16)8-15(19,6-11)10-16;1-5-12(3,4)11(14)15-13(6-2)9-7-8-10-13;;;;;;;;;;/h14-18H,6-13H2,1-5H3;12-16H,6-11H2,1-5H3;10-13,15H,4-9H2,1-3H3;11,18-19H,4-10H2,1-3H3;5-10H2,1-4H3;10*1H4. The highest BCUT2D eigenvalue weighted by Crippen LogP contribution is 2.65. The summed E-state index contributed by atoms with van der Waals surface area (Å²) in [6.45, 7) is 39.9. The number of rotatable bonds is 22. The maximum absolute atomic E-state index is 13.1. The molecular weight excluding hydrogens is 1510 g/mol. The van der Waals surface area contributed by atoms with Gasteiger partial charge < -0.3 is 57.6 Å². The monoisotopic (exact) mass is 1690 g/mol. The second-order valence-corrected chi connectivity index (χ2v) is 41.5. The molecule has 16 bridgehead atoms. The van der Waals surface area contributed by atoms with Gasteiger partial charge >= 0.3 is 47.8 Å². The van der Waals surface area contributed by atoms with Crippen molar-refractivity contribution in [1.29, 1.82) is 0 Å². The molecule has 0 amide bonds. The summed E-state index contributed by atoms with van der Waals surface area (Å²) in [4.78, 5) is 99.0. The van der Waals surface area contributed by atoms with Crippen LogP contribution in [0.25, 0.3) is 0 Å². The molecule has 2 N–H and O–H groups in total. The van der Waals surface area contributed by atoms with Crippen molar-refractivity contribution in [2.45, 2.75) is 464 Å². The Hall–Kier alpha value is -4.40. The van der Waals surface area contributed by atoms with E-state index in [1.54, 1.807) is 13.8 Å². The summed E-state index contributed by atoms with van der Waals surface area (Å²) in [6, 6.07) is 0. The zero-order chi connectivity index (χ0) is 80.3. The molecule has 10 atom stereocenters. The van der Waals surface area contributed by atoms with Crippen molar-refractivity contribution < 1.29 is 95.9 Å². The predicted octanol–water partition coefficient (Wildman–Crippen LogP) is 23.1. The Bertz CT molecular complexity index is 3200. The summed E-state index contributed by atoms with van der Waals surface area (Å²) < 4.78 is 57.3. The van der Waals surface area contributed by atoms with E-state index in [9.17, 15) is 48.6 Å². The molecule has 0 spiro atoms. The van der Waals surface area contributed by atoms with Gasteiger partial charge in [0.1, 0.15) is 47.8 Å². The molecule has 18 aliphatic rings. The second-order valence-electron chi connectivity index (χ2n) is 41.5. The first-order valence-electron chi connectivity index (χ1n) is 43.1. The van der Waals surface area contributed by atoms with Crippen LogP contribution in [0.2, 0.25) is 0 Å². The van der Waals surface area contributed by atoms with Crippen molar-refractivity contribution in [3.63, 3.8) is 0 Å². The van der Waals surface area contributed by atoms with Crippen LogP contribution in [0.3, 0.4) is 0 Å². The predicted molar refractivity (Wildman–Crippen MR) is 477 cm³/mol. The van der Waals surface area contributed by atoms with E-state index in [0.717, 1.165) is 134 Å². The zero-order valence-electron chi connectivity index (χ0n) is 70.8. The van der Waals surface area contributed by atoms with Crippen LogP contribution in [-0.4, -0.2) is 136 Å². The molecule has 0 aromatic carbocycles. The number of fused-ring (bicyclic) bond motifs is 1. The Morgan fingerprint density at radius 1 is 0.471 bits per heavy atom. The minimum atomic E-state index is -0.842. The van der Waals surface area contributed by atoms with Gasteiger partial charge in [0, 0.05) is 25.2 Å².